The smallest absolute Gasteiger partial charge is 0.0208 e. The van der Waals surface area contributed by atoms with Crippen LogP contribution in [0, 0.1) is 17.8 Å². The minimum absolute atomic E-state index is 0.812. The molecule has 0 nitrogen and oxygen atoms in total. The second-order valence-corrected chi connectivity index (χ2v) is 3.76. The summed E-state index contributed by atoms with van der Waals surface area (Å²) < 4.78 is 0. The predicted octanol–water partition coefficient (Wildman–Crippen LogP) is 3.63. The number of hydrogen-bond acceptors (Lipinski definition) is 0. The first-order valence-electron chi connectivity index (χ1n) is 4.96. The van der Waals surface area contributed by atoms with E-state index in [9.17, 15) is 0 Å². The van der Waals surface area contributed by atoms with Crippen molar-refractivity contribution in [2.75, 3.05) is 0 Å². The van der Waals surface area contributed by atoms with Gasteiger partial charge in [0.2, 0.25) is 0 Å². The lowest BCUT2D eigenvalue weighted by molar-refractivity contribution is 0.495. The Hall–Kier alpha value is -0.260. The summed E-state index contributed by atoms with van der Waals surface area (Å²) >= 11 is 0. The Kier molecular flexibility index (Phi) is 3.16. The second-order valence-electron chi connectivity index (χ2n) is 3.76. The maximum atomic E-state index is 3.89. The van der Waals surface area contributed by atoms with Crippen LogP contribution in [0.2, 0.25) is 0 Å². The lowest BCUT2D eigenvalue weighted by Gasteiger charge is -2.07. The summed E-state index contributed by atoms with van der Waals surface area (Å²) in [5, 5.41) is 0. The number of hydrogen-bond donors (Lipinski definition) is 0. The highest BCUT2D eigenvalue weighted by Gasteiger charge is 2.39. The van der Waals surface area contributed by atoms with Gasteiger partial charge >= 0.3 is 0 Å². The summed E-state index contributed by atoms with van der Waals surface area (Å²) in [6.45, 7) is 8.44. The minimum atomic E-state index is 0.812. The SMILES string of the molecule is C=CC(CC)C1CC1CCC. The first-order chi connectivity index (χ1) is 5.33. The van der Waals surface area contributed by atoms with Crippen molar-refractivity contribution in [2.24, 2.45) is 17.8 Å². The molecular weight excluding hydrogens is 132 g/mol. The molecular formula is C11H20. The molecule has 0 aliphatic heterocycles. The van der Waals surface area contributed by atoms with E-state index in [0.717, 1.165) is 17.8 Å². The summed E-state index contributed by atoms with van der Waals surface area (Å²) in [7, 11) is 0. The summed E-state index contributed by atoms with van der Waals surface area (Å²) in [6, 6.07) is 0. The van der Waals surface area contributed by atoms with E-state index >= 15 is 0 Å². The Morgan fingerprint density at radius 1 is 1.55 bits per heavy atom. The summed E-state index contributed by atoms with van der Waals surface area (Å²) in [4.78, 5) is 0. The third-order valence-corrected chi connectivity index (χ3v) is 2.96. The third-order valence-electron chi connectivity index (χ3n) is 2.96. The van der Waals surface area contributed by atoms with Crippen LogP contribution in [0.1, 0.15) is 39.5 Å². The van der Waals surface area contributed by atoms with Crippen molar-refractivity contribution < 1.29 is 0 Å². The van der Waals surface area contributed by atoms with Crippen LogP contribution in [0.25, 0.3) is 0 Å². The Morgan fingerprint density at radius 3 is 2.73 bits per heavy atom. The molecule has 0 radical (unpaired) electrons. The quantitative estimate of drug-likeness (QED) is 0.528. The fourth-order valence-corrected chi connectivity index (χ4v) is 2.14. The summed E-state index contributed by atoms with van der Waals surface area (Å²) in [6.07, 6.45) is 7.71. The van der Waals surface area contributed by atoms with E-state index < -0.39 is 0 Å². The molecule has 0 aromatic heterocycles. The van der Waals surface area contributed by atoms with Crippen LogP contribution in [0.3, 0.4) is 0 Å². The van der Waals surface area contributed by atoms with Crippen molar-refractivity contribution >= 4 is 0 Å². The monoisotopic (exact) mass is 152 g/mol. The van der Waals surface area contributed by atoms with Crippen molar-refractivity contribution in [3.63, 3.8) is 0 Å². The third kappa shape index (κ3) is 2.08. The molecule has 11 heavy (non-hydrogen) atoms. The van der Waals surface area contributed by atoms with Crippen molar-refractivity contribution in [1.82, 2.24) is 0 Å². The molecule has 1 aliphatic carbocycles. The van der Waals surface area contributed by atoms with Crippen molar-refractivity contribution in [3.8, 4) is 0 Å². The van der Waals surface area contributed by atoms with Crippen LogP contribution < -0.4 is 0 Å². The van der Waals surface area contributed by atoms with Crippen LogP contribution >= 0.6 is 0 Å². The fraction of sp³-hybridized carbons (Fsp3) is 0.818. The molecule has 1 saturated carbocycles. The molecule has 64 valence electrons. The van der Waals surface area contributed by atoms with Crippen LogP contribution in [-0.4, -0.2) is 0 Å². The highest BCUT2D eigenvalue weighted by Crippen LogP contribution is 2.48. The Labute approximate surface area is 70.7 Å². The summed E-state index contributed by atoms with van der Waals surface area (Å²) in [5.41, 5.74) is 0. The average molecular weight is 152 g/mol. The van der Waals surface area contributed by atoms with Crippen molar-refractivity contribution in [2.45, 2.75) is 39.5 Å². The molecule has 0 bridgehead atoms. The number of allylic oxidation sites excluding steroid dienone is 1. The second kappa shape index (κ2) is 3.94. The van der Waals surface area contributed by atoms with Gasteiger partial charge < -0.3 is 0 Å². The maximum absolute atomic E-state index is 3.89. The van der Waals surface area contributed by atoms with Gasteiger partial charge in [-0.15, -0.1) is 6.58 Å². The Morgan fingerprint density at radius 2 is 2.27 bits per heavy atom. The van der Waals surface area contributed by atoms with E-state index in [0.29, 0.717) is 0 Å². The average Bonchev–Trinajstić information content (AvgIpc) is 2.72. The van der Waals surface area contributed by atoms with Gasteiger partial charge in [-0.25, -0.2) is 0 Å². The minimum Gasteiger partial charge on any atom is -0.103 e. The molecule has 1 rings (SSSR count). The van der Waals surface area contributed by atoms with Gasteiger partial charge in [0.05, 0.1) is 0 Å². The van der Waals surface area contributed by atoms with E-state index in [1.165, 1.54) is 25.7 Å². The Bertz CT molecular complexity index is 126. The first kappa shape index (κ1) is 8.83. The predicted molar refractivity (Wildman–Crippen MR) is 50.5 cm³/mol. The van der Waals surface area contributed by atoms with Gasteiger partial charge in [0.15, 0.2) is 0 Å². The van der Waals surface area contributed by atoms with Crippen LogP contribution in [0.5, 0.6) is 0 Å². The topological polar surface area (TPSA) is 0 Å². The lowest BCUT2D eigenvalue weighted by atomic mass is 9.98. The van der Waals surface area contributed by atoms with E-state index in [-0.39, 0.29) is 0 Å². The van der Waals surface area contributed by atoms with Gasteiger partial charge in [0.1, 0.15) is 0 Å². The molecule has 1 fully saturated rings. The normalized spacial score (nSPS) is 31.5. The molecule has 0 N–H and O–H groups in total. The molecule has 3 unspecified atom stereocenters. The van der Waals surface area contributed by atoms with E-state index in [1.807, 2.05) is 0 Å². The van der Waals surface area contributed by atoms with E-state index in [1.54, 1.807) is 0 Å². The van der Waals surface area contributed by atoms with Crippen LogP contribution in [-0.2, 0) is 0 Å². The standard InChI is InChI=1S/C11H20/c1-4-7-10-8-11(10)9(5-2)6-3/h5,9-11H,2,4,6-8H2,1,3H3. The molecule has 1 aliphatic rings. The summed E-state index contributed by atoms with van der Waals surface area (Å²) in [5.74, 6) is 2.85. The molecule has 0 aromatic carbocycles. The van der Waals surface area contributed by atoms with Crippen molar-refractivity contribution in [3.05, 3.63) is 12.7 Å². The Balaban J connectivity index is 2.23. The highest BCUT2D eigenvalue weighted by molar-refractivity contribution is 4.96. The molecule has 0 heterocycles. The maximum Gasteiger partial charge on any atom is -0.0208 e. The van der Waals surface area contributed by atoms with Gasteiger partial charge in [0, 0.05) is 0 Å². The molecule has 0 heteroatoms. The van der Waals surface area contributed by atoms with Crippen LogP contribution in [0.15, 0.2) is 12.7 Å². The van der Waals surface area contributed by atoms with Gasteiger partial charge in [-0.1, -0.05) is 32.8 Å². The molecule has 3 atom stereocenters. The fourth-order valence-electron chi connectivity index (χ4n) is 2.14. The zero-order chi connectivity index (χ0) is 8.27. The zero-order valence-corrected chi connectivity index (χ0v) is 7.84. The molecule has 0 amide bonds. The molecule has 0 aromatic rings. The van der Waals surface area contributed by atoms with Gasteiger partial charge in [0.25, 0.3) is 0 Å². The first-order valence-corrected chi connectivity index (χ1v) is 4.96. The van der Waals surface area contributed by atoms with Gasteiger partial charge in [-0.2, -0.15) is 0 Å². The zero-order valence-electron chi connectivity index (χ0n) is 7.84. The highest BCUT2D eigenvalue weighted by atomic mass is 14.4. The molecule has 0 spiro atoms. The lowest BCUT2D eigenvalue weighted by Crippen LogP contribution is -1.98. The van der Waals surface area contributed by atoms with E-state index in [4.69, 9.17) is 0 Å². The molecule has 0 saturated heterocycles. The van der Waals surface area contributed by atoms with Gasteiger partial charge in [-0.3, -0.25) is 0 Å². The van der Waals surface area contributed by atoms with Gasteiger partial charge in [-0.05, 0) is 30.6 Å². The largest absolute Gasteiger partial charge is 0.103 e. The number of rotatable bonds is 5. The van der Waals surface area contributed by atoms with E-state index in [2.05, 4.69) is 26.5 Å². The van der Waals surface area contributed by atoms with Crippen molar-refractivity contribution in [1.29, 1.82) is 0 Å². The van der Waals surface area contributed by atoms with Crippen LogP contribution in [0.4, 0.5) is 0 Å².